The number of aliphatic imine (C=N–C) groups is 1. The Bertz CT molecular complexity index is 871. The molecule has 3 aliphatic heterocycles. The number of sulfonamides is 1. The van der Waals surface area contributed by atoms with E-state index in [9.17, 15) is 8.42 Å². The van der Waals surface area contributed by atoms with Crippen molar-refractivity contribution in [1.82, 2.24) is 9.21 Å². The fourth-order valence-electron chi connectivity index (χ4n) is 4.51. The highest BCUT2D eigenvalue weighted by molar-refractivity contribution is 8.16. The van der Waals surface area contributed by atoms with Gasteiger partial charge in [-0.2, -0.15) is 4.31 Å². The van der Waals surface area contributed by atoms with Crippen LogP contribution in [-0.2, 0) is 10.0 Å². The van der Waals surface area contributed by atoms with E-state index >= 15 is 0 Å². The van der Waals surface area contributed by atoms with E-state index < -0.39 is 10.0 Å². The summed E-state index contributed by atoms with van der Waals surface area (Å²) in [5.74, 6) is 0. The van der Waals surface area contributed by atoms with Crippen LogP contribution in [0.1, 0.15) is 44.1 Å². The number of rotatable bonds is 3. The van der Waals surface area contributed by atoms with Gasteiger partial charge in [-0.1, -0.05) is 36.7 Å². The molecule has 1 aromatic carbocycles. The van der Waals surface area contributed by atoms with Gasteiger partial charge < -0.3 is 4.90 Å². The van der Waals surface area contributed by atoms with Gasteiger partial charge >= 0.3 is 0 Å². The van der Waals surface area contributed by atoms with E-state index in [1.54, 1.807) is 28.2 Å². The standard InChI is InChI=1S/C19H23N3O2S2/c23-26(24,21-11-3-4-12-21)15-9-7-14(8-10-15)18-13-25-19-20-16-5-1-2-6-17(16)22(18)19/h7-10,13,16-17H,1-6,11-12H2/t16-,17+/m0/s1. The topological polar surface area (TPSA) is 53.0 Å². The van der Waals surface area contributed by atoms with E-state index in [0.717, 1.165) is 23.6 Å². The number of hydrogen-bond acceptors (Lipinski definition) is 5. The molecule has 3 heterocycles. The zero-order valence-corrected chi connectivity index (χ0v) is 16.3. The summed E-state index contributed by atoms with van der Waals surface area (Å²) >= 11 is 1.70. The Balaban J connectivity index is 1.41. The molecule has 26 heavy (non-hydrogen) atoms. The Kier molecular flexibility index (Phi) is 4.14. The maximum absolute atomic E-state index is 12.7. The Morgan fingerprint density at radius 1 is 1.00 bits per heavy atom. The van der Waals surface area contributed by atoms with E-state index in [0.29, 0.717) is 30.1 Å². The van der Waals surface area contributed by atoms with Gasteiger partial charge in [-0.05, 0) is 43.4 Å². The van der Waals surface area contributed by atoms with Crippen LogP contribution >= 0.6 is 11.8 Å². The normalized spacial score (nSPS) is 28.7. The molecular weight excluding hydrogens is 366 g/mol. The summed E-state index contributed by atoms with van der Waals surface area (Å²) in [4.78, 5) is 7.70. The predicted octanol–water partition coefficient (Wildman–Crippen LogP) is 3.50. The molecule has 1 saturated heterocycles. The fourth-order valence-corrected chi connectivity index (χ4v) is 7.03. The van der Waals surface area contributed by atoms with E-state index in [1.165, 1.54) is 31.4 Å². The highest BCUT2D eigenvalue weighted by Crippen LogP contribution is 2.44. The SMILES string of the molecule is O=S(=O)(c1ccc(C2=CSC3=N[C@H]4CCCC[C@H]4N23)cc1)N1CCCC1. The Labute approximate surface area is 159 Å². The van der Waals surface area contributed by atoms with Crippen LogP contribution in [-0.4, -0.2) is 48.0 Å². The van der Waals surface area contributed by atoms with Crippen LogP contribution in [0, 0.1) is 0 Å². The number of fused-ring (bicyclic) bond motifs is 3. The summed E-state index contributed by atoms with van der Waals surface area (Å²) in [5.41, 5.74) is 2.25. The maximum atomic E-state index is 12.7. The Morgan fingerprint density at radius 2 is 1.73 bits per heavy atom. The van der Waals surface area contributed by atoms with Crippen LogP contribution in [0.3, 0.4) is 0 Å². The van der Waals surface area contributed by atoms with Crippen LogP contribution in [0.15, 0.2) is 39.6 Å². The van der Waals surface area contributed by atoms with Gasteiger partial charge in [-0.15, -0.1) is 0 Å². The minimum atomic E-state index is -3.34. The molecule has 0 N–H and O–H groups in total. The van der Waals surface area contributed by atoms with Gasteiger partial charge in [0.05, 0.1) is 22.7 Å². The van der Waals surface area contributed by atoms with Gasteiger partial charge in [0.25, 0.3) is 0 Å². The van der Waals surface area contributed by atoms with Gasteiger partial charge in [-0.25, -0.2) is 8.42 Å². The Morgan fingerprint density at radius 3 is 2.50 bits per heavy atom. The van der Waals surface area contributed by atoms with Crippen molar-refractivity contribution in [3.8, 4) is 0 Å². The molecule has 7 heteroatoms. The third-order valence-electron chi connectivity index (χ3n) is 5.90. The zero-order chi connectivity index (χ0) is 17.7. The summed E-state index contributed by atoms with van der Waals surface area (Å²) in [6.07, 6.45) is 6.84. The molecule has 5 rings (SSSR count). The third-order valence-corrected chi connectivity index (χ3v) is 8.66. The second kappa shape index (κ2) is 6.39. The molecule has 5 nitrogen and oxygen atoms in total. The molecule has 1 saturated carbocycles. The van der Waals surface area contributed by atoms with E-state index in [1.807, 2.05) is 12.1 Å². The lowest BCUT2D eigenvalue weighted by molar-refractivity contribution is 0.305. The first kappa shape index (κ1) is 16.8. The number of thioether (sulfide) groups is 1. The van der Waals surface area contributed by atoms with Crippen molar-refractivity contribution >= 4 is 32.6 Å². The summed E-state index contributed by atoms with van der Waals surface area (Å²) in [6, 6.07) is 8.34. The molecule has 2 fully saturated rings. The van der Waals surface area contributed by atoms with Gasteiger partial charge in [0.1, 0.15) is 0 Å². The monoisotopic (exact) mass is 389 g/mol. The highest BCUT2D eigenvalue weighted by atomic mass is 32.2. The molecule has 0 spiro atoms. The molecule has 1 aliphatic carbocycles. The molecule has 0 bridgehead atoms. The number of nitrogens with zero attached hydrogens (tertiary/aromatic N) is 3. The average molecular weight is 390 g/mol. The fraction of sp³-hybridized carbons (Fsp3) is 0.526. The van der Waals surface area contributed by atoms with Crippen molar-refractivity contribution in [2.24, 2.45) is 4.99 Å². The van der Waals surface area contributed by atoms with Crippen molar-refractivity contribution < 1.29 is 8.42 Å². The summed E-state index contributed by atoms with van der Waals surface area (Å²) < 4.78 is 27.0. The van der Waals surface area contributed by atoms with Crippen LogP contribution < -0.4 is 0 Å². The lowest BCUT2D eigenvalue weighted by atomic mass is 9.90. The van der Waals surface area contributed by atoms with Gasteiger partial charge in [0.2, 0.25) is 10.0 Å². The van der Waals surface area contributed by atoms with Crippen molar-refractivity contribution in [1.29, 1.82) is 0 Å². The molecule has 2 atom stereocenters. The predicted molar refractivity (Wildman–Crippen MR) is 105 cm³/mol. The largest absolute Gasteiger partial charge is 0.315 e. The first-order valence-corrected chi connectivity index (χ1v) is 11.8. The first-order valence-electron chi connectivity index (χ1n) is 9.49. The maximum Gasteiger partial charge on any atom is 0.243 e. The number of benzene rings is 1. The Hall–Kier alpha value is -1.31. The highest BCUT2D eigenvalue weighted by Gasteiger charge is 2.42. The molecule has 0 radical (unpaired) electrons. The van der Waals surface area contributed by atoms with Crippen molar-refractivity contribution in [3.63, 3.8) is 0 Å². The van der Waals surface area contributed by atoms with Crippen LogP contribution in [0.4, 0.5) is 0 Å². The molecule has 1 aromatic rings. The summed E-state index contributed by atoms with van der Waals surface area (Å²) in [6.45, 7) is 1.28. The van der Waals surface area contributed by atoms with Gasteiger partial charge in [-0.3, -0.25) is 4.99 Å². The van der Waals surface area contributed by atoms with Crippen molar-refractivity contribution in [3.05, 3.63) is 35.2 Å². The third kappa shape index (κ3) is 2.63. The van der Waals surface area contributed by atoms with Crippen molar-refractivity contribution in [2.75, 3.05) is 13.1 Å². The van der Waals surface area contributed by atoms with Crippen LogP contribution in [0.2, 0.25) is 0 Å². The van der Waals surface area contributed by atoms with E-state index in [2.05, 4.69) is 10.3 Å². The van der Waals surface area contributed by atoms with E-state index in [-0.39, 0.29) is 0 Å². The summed E-state index contributed by atoms with van der Waals surface area (Å²) in [5, 5.41) is 3.28. The van der Waals surface area contributed by atoms with Crippen LogP contribution in [0.5, 0.6) is 0 Å². The van der Waals surface area contributed by atoms with Gasteiger partial charge in [0.15, 0.2) is 5.17 Å². The van der Waals surface area contributed by atoms with Gasteiger partial charge in [0, 0.05) is 18.5 Å². The molecular formula is C19H23N3O2S2. The minimum absolute atomic E-state index is 0.403. The van der Waals surface area contributed by atoms with E-state index in [4.69, 9.17) is 4.99 Å². The molecule has 0 amide bonds. The average Bonchev–Trinajstić information content (AvgIpc) is 3.38. The number of amidine groups is 1. The molecule has 0 aromatic heterocycles. The quantitative estimate of drug-likeness (QED) is 0.794. The smallest absolute Gasteiger partial charge is 0.243 e. The first-order chi connectivity index (χ1) is 12.6. The molecule has 138 valence electrons. The number of hydrogen-bond donors (Lipinski definition) is 0. The van der Waals surface area contributed by atoms with Crippen molar-refractivity contribution in [2.45, 2.75) is 55.5 Å². The zero-order valence-electron chi connectivity index (χ0n) is 14.7. The molecule has 0 unspecified atom stereocenters. The summed E-state index contributed by atoms with van der Waals surface area (Å²) in [7, 11) is -3.34. The van der Waals surface area contributed by atoms with Crippen LogP contribution in [0.25, 0.3) is 5.70 Å². The lowest BCUT2D eigenvalue weighted by Gasteiger charge is -2.32. The minimum Gasteiger partial charge on any atom is -0.315 e. The molecule has 4 aliphatic rings. The second-order valence-corrected chi connectivity index (χ2v) is 10.2. The lowest BCUT2D eigenvalue weighted by Crippen LogP contribution is -2.38. The second-order valence-electron chi connectivity index (χ2n) is 7.46.